The number of hydrogen-bond acceptors (Lipinski definition) is 4. The molecule has 0 heterocycles. The number of nitrogen functional groups attached to an aromatic ring is 1. The highest BCUT2D eigenvalue weighted by Crippen LogP contribution is 2.29. The number of halogens is 1. The molecule has 0 aliphatic carbocycles. The summed E-state index contributed by atoms with van der Waals surface area (Å²) in [5.41, 5.74) is 8.55. The number of nitrogens with one attached hydrogen (secondary N) is 1. The van der Waals surface area contributed by atoms with Crippen molar-refractivity contribution < 1.29 is 4.74 Å². The van der Waals surface area contributed by atoms with Crippen LogP contribution in [-0.4, -0.2) is 6.61 Å². The Kier molecular flexibility index (Phi) is 4.49. The summed E-state index contributed by atoms with van der Waals surface area (Å²) in [6, 6.07) is 13.0. The Hall–Kier alpha value is -2.19. The number of benzene rings is 2. The zero-order valence-corrected chi connectivity index (χ0v) is 12.6. The van der Waals surface area contributed by atoms with Crippen molar-refractivity contribution in [2.75, 3.05) is 17.7 Å². The maximum absolute atomic E-state index is 9.12. The predicted octanol–water partition coefficient (Wildman–Crippen LogP) is 4.05. The Morgan fingerprint density at radius 2 is 2.10 bits per heavy atom. The second kappa shape index (κ2) is 6.31. The molecule has 0 saturated carbocycles. The average molecular weight is 332 g/mol. The van der Waals surface area contributed by atoms with Gasteiger partial charge in [0, 0.05) is 16.2 Å². The third kappa shape index (κ3) is 3.22. The van der Waals surface area contributed by atoms with Crippen molar-refractivity contribution in [3.8, 4) is 11.8 Å². The first-order valence-corrected chi connectivity index (χ1v) is 6.92. The minimum absolute atomic E-state index is 0.550. The minimum atomic E-state index is 0.550. The van der Waals surface area contributed by atoms with E-state index < -0.39 is 0 Å². The van der Waals surface area contributed by atoms with E-state index in [1.54, 1.807) is 12.1 Å². The third-order valence-electron chi connectivity index (χ3n) is 2.69. The quantitative estimate of drug-likeness (QED) is 0.829. The van der Waals surface area contributed by atoms with Crippen LogP contribution < -0.4 is 15.8 Å². The van der Waals surface area contributed by atoms with Crippen LogP contribution in [0.5, 0.6) is 5.75 Å². The largest absolute Gasteiger partial charge is 0.492 e. The summed E-state index contributed by atoms with van der Waals surface area (Å²) < 4.78 is 6.36. The van der Waals surface area contributed by atoms with E-state index in [2.05, 4.69) is 27.3 Å². The van der Waals surface area contributed by atoms with Crippen molar-refractivity contribution in [2.45, 2.75) is 6.92 Å². The summed E-state index contributed by atoms with van der Waals surface area (Å²) >= 11 is 3.40. The molecule has 2 aromatic rings. The van der Waals surface area contributed by atoms with Gasteiger partial charge in [-0.1, -0.05) is 15.9 Å². The van der Waals surface area contributed by atoms with Crippen molar-refractivity contribution in [1.29, 1.82) is 5.26 Å². The van der Waals surface area contributed by atoms with E-state index in [1.165, 1.54) is 0 Å². The van der Waals surface area contributed by atoms with Gasteiger partial charge in [0.05, 0.1) is 23.5 Å². The summed E-state index contributed by atoms with van der Waals surface area (Å²) in [6.07, 6.45) is 0. The number of nitrogens with zero attached hydrogens (tertiary/aromatic N) is 1. The molecule has 4 nitrogen and oxygen atoms in total. The average Bonchev–Trinajstić information content (AvgIpc) is 2.43. The van der Waals surface area contributed by atoms with Crippen LogP contribution >= 0.6 is 15.9 Å². The Morgan fingerprint density at radius 1 is 1.30 bits per heavy atom. The molecule has 20 heavy (non-hydrogen) atoms. The lowest BCUT2D eigenvalue weighted by molar-refractivity contribution is 0.342. The van der Waals surface area contributed by atoms with Gasteiger partial charge in [-0.05, 0) is 37.3 Å². The van der Waals surface area contributed by atoms with Crippen LogP contribution in [0.3, 0.4) is 0 Å². The second-order valence-corrected chi connectivity index (χ2v) is 5.03. The molecule has 0 amide bonds. The van der Waals surface area contributed by atoms with E-state index in [-0.39, 0.29) is 0 Å². The molecule has 0 fully saturated rings. The summed E-state index contributed by atoms with van der Waals surface area (Å²) in [5.74, 6) is 0.631. The highest BCUT2D eigenvalue weighted by Gasteiger charge is 2.06. The standard InChI is InChI=1S/C15H14BrN3O/c1-2-20-15-8-12(5-6-13(15)18)19-14-7-11(16)4-3-10(14)9-17/h3-8,19H,2,18H2,1H3. The fraction of sp³-hybridized carbons (Fsp3) is 0.133. The predicted molar refractivity (Wildman–Crippen MR) is 84.2 cm³/mol. The highest BCUT2D eigenvalue weighted by atomic mass is 79.9. The Bertz CT molecular complexity index is 665. The van der Waals surface area contributed by atoms with Crippen LogP contribution in [0.4, 0.5) is 17.1 Å². The molecule has 0 aliphatic rings. The molecule has 0 radical (unpaired) electrons. The molecular weight excluding hydrogens is 318 g/mol. The van der Waals surface area contributed by atoms with Gasteiger partial charge in [-0.3, -0.25) is 0 Å². The van der Waals surface area contributed by atoms with Gasteiger partial charge in [0.2, 0.25) is 0 Å². The molecule has 102 valence electrons. The van der Waals surface area contributed by atoms with Crippen LogP contribution in [0.25, 0.3) is 0 Å². The maximum Gasteiger partial charge on any atom is 0.144 e. The Morgan fingerprint density at radius 3 is 2.80 bits per heavy atom. The molecule has 0 bridgehead atoms. The van der Waals surface area contributed by atoms with E-state index in [0.29, 0.717) is 23.6 Å². The van der Waals surface area contributed by atoms with Gasteiger partial charge in [-0.15, -0.1) is 0 Å². The summed E-state index contributed by atoms with van der Waals surface area (Å²) in [7, 11) is 0. The van der Waals surface area contributed by atoms with Crippen LogP contribution in [0, 0.1) is 11.3 Å². The normalized spacial score (nSPS) is 9.85. The SMILES string of the molecule is CCOc1cc(Nc2cc(Br)ccc2C#N)ccc1N. The molecule has 3 N–H and O–H groups in total. The van der Waals surface area contributed by atoms with Crippen LogP contribution in [0.1, 0.15) is 12.5 Å². The van der Waals surface area contributed by atoms with Crippen molar-refractivity contribution in [1.82, 2.24) is 0 Å². The summed E-state index contributed by atoms with van der Waals surface area (Å²) in [4.78, 5) is 0. The first-order valence-electron chi connectivity index (χ1n) is 6.13. The maximum atomic E-state index is 9.12. The molecular formula is C15H14BrN3O. The molecule has 0 spiro atoms. The first-order chi connectivity index (χ1) is 9.63. The van der Waals surface area contributed by atoms with Gasteiger partial charge in [0.1, 0.15) is 11.8 Å². The first kappa shape index (κ1) is 14.2. The second-order valence-electron chi connectivity index (χ2n) is 4.11. The molecule has 0 saturated heterocycles. The molecule has 0 atom stereocenters. The van der Waals surface area contributed by atoms with E-state index >= 15 is 0 Å². The topological polar surface area (TPSA) is 71.1 Å². The van der Waals surface area contributed by atoms with Gasteiger partial charge in [0.15, 0.2) is 0 Å². The van der Waals surface area contributed by atoms with Crippen LogP contribution in [0.15, 0.2) is 40.9 Å². The number of nitriles is 1. The van der Waals surface area contributed by atoms with Crippen molar-refractivity contribution in [3.05, 3.63) is 46.4 Å². The van der Waals surface area contributed by atoms with E-state index in [1.807, 2.05) is 31.2 Å². The highest BCUT2D eigenvalue weighted by molar-refractivity contribution is 9.10. The lowest BCUT2D eigenvalue weighted by Gasteiger charge is -2.12. The zero-order valence-electron chi connectivity index (χ0n) is 11.0. The molecule has 0 unspecified atom stereocenters. The number of ether oxygens (including phenoxy) is 1. The van der Waals surface area contributed by atoms with Crippen molar-refractivity contribution >= 4 is 33.0 Å². The van der Waals surface area contributed by atoms with Crippen molar-refractivity contribution in [3.63, 3.8) is 0 Å². The van der Waals surface area contributed by atoms with E-state index in [9.17, 15) is 0 Å². The molecule has 5 heteroatoms. The zero-order chi connectivity index (χ0) is 14.5. The number of hydrogen-bond donors (Lipinski definition) is 2. The van der Waals surface area contributed by atoms with Crippen molar-refractivity contribution in [2.24, 2.45) is 0 Å². The van der Waals surface area contributed by atoms with Crippen LogP contribution in [0.2, 0.25) is 0 Å². The van der Waals surface area contributed by atoms with Gasteiger partial charge in [-0.2, -0.15) is 5.26 Å². The Balaban J connectivity index is 2.33. The third-order valence-corrected chi connectivity index (χ3v) is 3.19. The lowest BCUT2D eigenvalue weighted by atomic mass is 10.2. The van der Waals surface area contributed by atoms with E-state index in [4.69, 9.17) is 15.7 Å². The molecule has 0 aliphatic heterocycles. The lowest BCUT2D eigenvalue weighted by Crippen LogP contribution is -1.99. The van der Waals surface area contributed by atoms with E-state index in [0.717, 1.165) is 15.8 Å². The fourth-order valence-corrected chi connectivity index (χ4v) is 2.13. The number of nitrogens with two attached hydrogens (primary N) is 1. The van der Waals surface area contributed by atoms with Gasteiger partial charge in [0.25, 0.3) is 0 Å². The van der Waals surface area contributed by atoms with Gasteiger partial charge in [-0.25, -0.2) is 0 Å². The van der Waals surface area contributed by atoms with Crippen LogP contribution in [-0.2, 0) is 0 Å². The molecule has 2 aromatic carbocycles. The molecule has 2 rings (SSSR count). The monoisotopic (exact) mass is 331 g/mol. The Labute approximate surface area is 126 Å². The number of anilines is 3. The van der Waals surface area contributed by atoms with Gasteiger partial charge < -0.3 is 15.8 Å². The smallest absolute Gasteiger partial charge is 0.144 e. The summed E-state index contributed by atoms with van der Waals surface area (Å²) in [6.45, 7) is 2.45. The molecule has 0 aromatic heterocycles. The minimum Gasteiger partial charge on any atom is -0.492 e. The van der Waals surface area contributed by atoms with Gasteiger partial charge >= 0.3 is 0 Å². The fourth-order valence-electron chi connectivity index (χ4n) is 1.77. The number of rotatable bonds is 4. The summed E-state index contributed by atoms with van der Waals surface area (Å²) in [5, 5.41) is 12.3.